The number of hydrogen-bond acceptors (Lipinski definition) is 7. The average molecular weight is 570 g/mol. The molecule has 0 unspecified atom stereocenters. The maximum absolute atomic E-state index is 13.2. The van der Waals surface area contributed by atoms with Crippen LogP contribution in [0, 0.1) is 10.1 Å². The monoisotopic (exact) mass is 568 g/mol. The molecule has 1 aliphatic rings. The van der Waals surface area contributed by atoms with Crippen molar-refractivity contribution in [1.82, 2.24) is 9.80 Å². The van der Waals surface area contributed by atoms with Gasteiger partial charge in [-0.3, -0.25) is 14.9 Å². The van der Waals surface area contributed by atoms with Gasteiger partial charge in [0.15, 0.2) is 9.84 Å². The zero-order valence-corrected chi connectivity index (χ0v) is 21.0. The number of rotatable bonds is 9. The third kappa shape index (κ3) is 5.92. The van der Waals surface area contributed by atoms with Crippen molar-refractivity contribution in [3.8, 4) is 0 Å². The number of piperazine rings is 1. The lowest BCUT2D eigenvalue weighted by atomic mass is 10.1. The first-order chi connectivity index (χ1) is 14.1. The van der Waals surface area contributed by atoms with Crippen LogP contribution in [0.4, 0.5) is 11.4 Å². The second kappa shape index (κ2) is 10.9. The van der Waals surface area contributed by atoms with E-state index in [2.05, 4.69) is 36.8 Å². The molecule has 30 heavy (non-hydrogen) atoms. The molecule has 0 atom stereocenters. The van der Waals surface area contributed by atoms with Crippen LogP contribution < -0.4 is 4.90 Å². The number of carbonyl (C=O) groups is 1. The van der Waals surface area contributed by atoms with Crippen molar-refractivity contribution in [3.63, 3.8) is 0 Å². The van der Waals surface area contributed by atoms with E-state index in [0.29, 0.717) is 55.6 Å². The van der Waals surface area contributed by atoms with Gasteiger partial charge in [-0.1, -0.05) is 38.8 Å². The summed E-state index contributed by atoms with van der Waals surface area (Å²) in [5.74, 6) is -0.448. The molecule has 1 heterocycles. The molecule has 1 fully saturated rings. The molecule has 0 aliphatic carbocycles. The molecule has 12 heteroatoms. The van der Waals surface area contributed by atoms with Crippen LogP contribution in [0.1, 0.15) is 17.3 Å². The van der Waals surface area contributed by atoms with Crippen molar-refractivity contribution in [2.75, 3.05) is 67.6 Å². The third-order valence-electron chi connectivity index (χ3n) is 5.06. The molecular formula is C18H26Br2N4O5S. The van der Waals surface area contributed by atoms with Crippen LogP contribution in [0.3, 0.4) is 0 Å². The minimum Gasteiger partial charge on any atom is -0.369 e. The first-order valence-electron chi connectivity index (χ1n) is 9.55. The zero-order valence-electron chi connectivity index (χ0n) is 17.0. The Morgan fingerprint density at radius 2 is 1.73 bits per heavy atom. The molecule has 168 valence electrons. The highest BCUT2D eigenvalue weighted by Crippen LogP contribution is 2.34. The van der Waals surface area contributed by atoms with E-state index in [-0.39, 0.29) is 10.5 Å². The normalized spacial score (nSPS) is 15.3. The Morgan fingerprint density at radius 3 is 2.17 bits per heavy atom. The summed E-state index contributed by atoms with van der Waals surface area (Å²) < 4.78 is 24.8. The summed E-state index contributed by atoms with van der Waals surface area (Å²) in [6.45, 7) is 6.22. The summed E-state index contributed by atoms with van der Waals surface area (Å²) in [5, 5.41) is 12.9. The largest absolute Gasteiger partial charge is 0.369 e. The molecule has 0 spiro atoms. The molecule has 1 amide bonds. The van der Waals surface area contributed by atoms with E-state index in [1.54, 1.807) is 9.80 Å². The highest BCUT2D eigenvalue weighted by molar-refractivity contribution is 9.09. The van der Waals surface area contributed by atoms with Gasteiger partial charge in [-0.2, -0.15) is 0 Å². The Bertz CT molecular complexity index is 883. The quantitative estimate of drug-likeness (QED) is 0.255. The first kappa shape index (κ1) is 25.0. The van der Waals surface area contributed by atoms with Crippen molar-refractivity contribution in [3.05, 3.63) is 27.8 Å². The zero-order chi connectivity index (χ0) is 22.5. The molecule has 0 saturated carbocycles. The van der Waals surface area contributed by atoms with Gasteiger partial charge in [-0.05, 0) is 12.6 Å². The minimum atomic E-state index is -3.76. The number of alkyl halides is 2. The van der Waals surface area contributed by atoms with Gasteiger partial charge >= 0.3 is 0 Å². The summed E-state index contributed by atoms with van der Waals surface area (Å²) in [6.07, 6.45) is 1.02. The number of anilines is 1. The van der Waals surface area contributed by atoms with Crippen LogP contribution in [-0.4, -0.2) is 91.8 Å². The lowest BCUT2D eigenvalue weighted by Gasteiger charge is -2.34. The number of nitro benzene ring substituents is 1. The minimum absolute atomic E-state index is 0.0820. The fraction of sp³-hybridized carbons (Fsp3) is 0.611. The Balaban J connectivity index is 2.59. The smallest absolute Gasteiger partial charge is 0.283 e. The maximum atomic E-state index is 13.2. The molecule has 0 radical (unpaired) electrons. The average Bonchev–Trinajstić information content (AvgIpc) is 2.71. The van der Waals surface area contributed by atoms with E-state index in [0.717, 1.165) is 18.9 Å². The summed E-state index contributed by atoms with van der Waals surface area (Å²) in [7, 11) is -3.76. The number of hydrogen-bond donors (Lipinski definition) is 0. The van der Waals surface area contributed by atoms with Crippen LogP contribution in [-0.2, 0) is 9.84 Å². The molecule has 1 aliphatic heterocycles. The summed E-state index contributed by atoms with van der Waals surface area (Å²) in [4.78, 5) is 29.7. The molecule has 1 aromatic carbocycles. The number of halogens is 2. The van der Waals surface area contributed by atoms with Crippen molar-refractivity contribution in [2.45, 2.75) is 11.8 Å². The van der Waals surface area contributed by atoms with E-state index in [4.69, 9.17) is 0 Å². The summed E-state index contributed by atoms with van der Waals surface area (Å²) in [6, 6.07) is 2.39. The van der Waals surface area contributed by atoms with Crippen LogP contribution in [0.25, 0.3) is 0 Å². The van der Waals surface area contributed by atoms with Gasteiger partial charge in [0, 0.05) is 62.3 Å². The lowest BCUT2D eigenvalue weighted by molar-refractivity contribution is -0.385. The van der Waals surface area contributed by atoms with Gasteiger partial charge in [0.05, 0.1) is 15.5 Å². The van der Waals surface area contributed by atoms with Crippen LogP contribution in [0.15, 0.2) is 17.0 Å². The third-order valence-corrected chi connectivity index (χ3v) is 6.90. The number of sulfone groups is 1. The maximum Gasteiger partial charge on any atom is 0.283 e. The predicted molar refractivity (Wildman–Crippen MR) is 124 cm³/mol. The number of benzene rings is 1. The number of nitrogens with zero attached hydrogens (tertiary/aromatic N) is 4. The Labute approximate surface area is 193 Å². The molecule has 1 aromatic rings. The van der Waals surface area contributed by atoms with Gasteiger partial charge in [-0.25, -0.2) is 8.42 Å². The number of likely N-dealkylation sites (N-methyl/N-ethyl adjacent to an activating group) is 1. The Morgan fingerprint density at radius 1 is 1.17 bits per heavy atom. The summed E-state index contributed by atoms with van der Waals surface area (Å²) >= 11 is 6.72. The second-order valence-corrected chi connectivity index (χ2v) is 10.5. The van der Waals surface area contributed by atoms with Crippen molar-refractivity contribution in [1.29, 1.82) is 0 Å². The molecule has 0 N–H and O–H groups in total. The van der Waals surface area contributed by atoms with Gasteiger partial charge in [0.25, 0.3) is 11.6 Å². The van der Waals surface area contributed by atoms with Gasteiger partial charge in [-0.15, -0.1) is 0 Å². The van der Waals surface area contributed by atoms with Gasteiger partial charge in [0.1, 0.15) is 5.56 Å². The molecule has 0 aromatic heterocycles. The Kier molecular flexibility index (Phi) is 9.07. The van der Waals surface area contributed by atoms with E-state index < -0.39 is 26.4 Å². The predicted octanol–water partition coefficient (Wildman–Crippen LogP) is 2.37. The van der Waals surface area contributed by atoms with Crippen molar-refractivity contribution in [2.24, 2.45) is 0 Å². The molecule has 1 saturated heterocycles. The first-order valence-corrected chi connectivity index (χ1v) is 13.7. The van der Waals surface area contributed by atoms with Gasteiger partial charge in [0.2, 0.25) is 0 Å². The SMILES string of the molecule is CCN1CCN(C(=O)c2cc(N(CCBr)CCBr)c(S(C)(=O)=O)cc2[N+](=O)[O-])CC1. The van der Waals surface area contributed by atoms with Crippen LogP contribution in [0.2, 0.25) is 0 Å². The van der Waals surface area contributed by atoms with E-state index >= 15 is 0 Å². The second-order valence-electron chi connectivity index (χ2n) is 6.96. The van der Waals surface area contributed by atoms with Crippen LogP contribution >= 0.6 is 31.9 Å². The van der Waals surface area contributed by atoms with E-state index in [1.165, 1.54) is 6.07 Å². The highest BCUT2D eigenvalue weighted by atomic mass is 79.9. The van der Waals surface area contributed by atoms with E-state index in [1.807, 2.05) is 6.92 Å². The van der Waals surface area contributed by atoms with E-state index in [9.17, 15) is 23.3 Å². The van der Waals surface area contributed by atoms with Crippen molar-refractivity contribution < 1.29 is 18.1 Å². The fourth-order valence-corrected chi connectivity index (χ4v) is 5.17. The van der Waals surface area contributed by atoms with Gasteiger partial charge < -0.3 is 14.7 Å². The van der Waals surface area contributed by atoms with Crippen molar-refractivity contribution >= 4 is 59.0 Å². The summed E-state index contributed by atoms with van der Waals surface area (Å²) in [5.41, 5.74) is -0.265. The molecule has 9 nitrogen and oxygen atoms in total. The topological polar surface area (TPSA) is 104 Å². The Hall–Kier alpha value is -1.24. The number of nitro groups is 1. The standard InChI is InChI=1S/C18H26Br2N4O5S/c1-3-21-8-10-23(11-9-21)18(25)14-12-16(22(6-4-19)7-5-20)17(30(2,28)29)13-15(14)24(26)27/h12-13H,3-11H2,1-2H3. The fourth-order valence-electron chi connectivity index (χ4n) is 3.42. The lowest BCUT2D eigenvalue weighted by Crippen LogP contribution is -2.48. The van der Waals surface area contributed by atoms with Crippen LogP contribution in [0.5, 0.6) is 0 Å². The number of amides is 1. The number of carbonyl (C=O) groups excluding carboxylic acids is 1. The highest BCUT2D eigenvalue weighted by Gasteiger charge is 2.32. The molecular weight excluding hydrogens is 544 g/mol. The molecule has 0 bridgehead atoms. The molecule has 2 rings (SSSR count).